The van der Waals surface area contributed by atoms with E-state index in [-0.39, 0.29) is 23.7 Å². The Balaban J connectivity index is 1.74. The second kappa shape index (κ2) is 11.1. The van der Waals surface area contributed by atoms with E-state index in [1.54, 1.807) is 17.0 Å². The van der Waals surface area contributed by atoms with E-state index < -0.39 is 6.04 Å². The Labute approximate surface area is 184 Å². The van der Waals surface area contributed by atoms with Gasteiger partial charge in [0.2, 0.25) is 11.8 Å². The molecular formula is C26H33FN2O2. The third-order valence-electron chi connectivity index (χ3n) is 6.10. The van der Waals surface area contributed by atoms with Crippen LogP contribution in [0.4, 0.5) is 4.39 Å². The zero-order valence-corrected chi connectivity index (χ0v) is 18.6. The molecule has 166 valence electrons. The van der Waals surface area contributed by atoms with Crippen LogP contribution in [-0.2, 0) is 22.6 Å². The number of amides is 2. The monoisotopic (exact) mass is 424 g/mol. The van der Waals surface area contributed by atoms with E-state index >= 15 is 0 Å². The summed E-state index contributed by atoms with van der Waals surface area (Å²) in [5.74, 6) is -0.453. The molecule has 3 rings (SSSR count). The van der Waals surface area contributed by atoms with E-state index in [9.17, 15) is 14.0 Å². The lowest BCUT2D eigenvalue weighted by Gasteiger charge is -2.31. The van der Waals surface area contributed by atoms with Gasteiger partial charge >= 0.3 is 0 Å². The van der Waals surface area contributed by atoms with Crippen molar-refractivity contribution in [1.82, 2.24) is 10.2 Å². The lowest BCUT2D eigenvalue weighted by molar-refractivity contribution is -0.141. The van der Waals surface area contributed by atoms with Gasteiger partial charge in [-0.15, -0.1) is 0 Å². The van der Waals surface area contributed by atoms with Gasteiger partial charge in [-0.2, -0.15) is 0 Å². The minimum atomic E-state index is -0.531. The van der Waals surface area contributed by atoms with Crippen LogP contribution in [0, 0.1) is 12.7 Å². The van der Waals surface area contributed by atoms with Crippen LogP contribution < -0.4 is 5.32 Å². The number of benzene rings is 2. The lowest BCUT2D eigenvalue weighted by Crippen LogP contribution is -2.51. The quantitative estimate of drug-likeness (QED) is 0.620. The van der Waals surface area contributed by atoms with Crippen LogP contribution in [0.2, 0.25) is 0 Å². The predicted molar refractivity (Wildman–Crippen MR) is 121 cm³/mol. The van der Waals surface area contributed by atoms with Gasteiger partial charge < -0.3 is 10.2 Å². The highest BCUT2D eigenvalue weighted by atomic mass is 19.1. The SMILES string of the molecule is CCC(C(=O)NC1CCCC1)N(Cc1ccc(F)cc1)C(=O)CCc1ccc(C)cc1. The first-order chi connectivity index (χ1) is 15.0. The Morgan fingerprint density at radius 1 is 1.03 bits per heavy atom. The number of carbonyl (C=O) groups excluding carboxylic acids is 2. The molecule has 0 spiro atoms. The van der Waals surface area contributed by atoms with E-state index in [1.165, 1.54) is 17.7 Å². The molecule has 0 aromatic heterocycles. The van der Waals surface area contributed by atoms with Gasteiger partial charge in [-0.3, -0.25) is 9.59 Å². The average molecular weight is 425 g/mol. The molecule has 2 aromatic rings. The van der Waals surface area contributed by atoms with Gasteiger partial charge in [0.05, 0.1) is 0 Å². The third-order valence-corrected chi connectivity index (χ3v) is 6.10. The summed E-state index contributed by atoms with van der Waals surface area (Å²) in [6, 6.07) is 14.0. The summed E-state index contributed by atoms with van der Waals surface area (Å²) in [5.41, 5.74) is 3.10. The number of aryl methyl sites for hydroxylation is 2. The van der Waals surface area contributed by atoms with Crippen molar-refractivity contribution in [3.8, 4) is 0 Å². The van der Waals surface area contributed by atoms with Crippen molar-refractivity contribution >= 4 is 11.8 Å². The van der Waals surface area contributed by atoms with Crippen LogP contribution in [0.1, 0.15) is 62.1 Å². The maximum atomic E-state index is 13.4. The molecule has 4 nitrogen and oxygen atoms in total. The second-order valence-corrected chi connectivity index (χ2v) is 8.55. The zero-order chi connectivity index (χ0) is 22.2. The van der Waals surface area contributed by atoms with E-state index in [4.69, 9.17) is 0 Å². The van der Waals surface area contributed by atoms with Crippen molar-refractivity contribution in [2.45, 2.75) is 77.4 Å². The highest BCUT2D eigenvalue weighted by Crippen LogP contribution is 2.20. The molecule has 1 atom stereocenters. The molecule has 0 radical (unpaired) electrons. The molecule has 1 fully saturated rings. The Hall–Kier alpha value is -2.69. The topological polar surface area (TPSA) is 49.4 Å². The summed E-state index contributed by atoms with van der Waals surface area (Å²) in [6.45, 7) is 4.27. The van der Waals surface area contributed by atoms with Crippen LogP contribution >= 0.6 is 0 Å². The van der Waals surface area contributed by atoms with E-state index in [0.29, 0.717) is 25.8 Å². The van der Waals surface area contributed by atoms with Crippen molar-refractivity contribution in [1.29, 1.82) is 0 Å². The summed E-state index contributed by atoms with van der Waals surface area (Å²) in [7, 11) is 0. The molecule has 31 heavy (non-hydrogen) atoms. The number of nitrogens with zero attached hydrogens (tertiary/aromatic N) is 1. The molecule has 2 amide bonds. The zero-order valence-electron chi connectivity index (χ0n) is 18.6. The van der Waals surface area contributed by atoms with Gasteiger partial charge in [-0.25, -0.2) is 4.39 Å². The molecule has 5 heteroatoms. The molecule has 1 N–H and O–H groups in total. The van der Waals surface area contributed by atoms with Gasteiger partial charge in [0.1, 0.15) is 11.9 Å². The Bertz CT molecular complexity index is 858. The molecule has 0 bridgehead atoms. The van der Waals surface area contributed by atoms with Crippen molar-refractivity contribution in [2.24, 2.45) is 0 Å². The number of nitrogens with one attached hydrogen (secondary N) is 1. The van der Waals surface area contributed by atoms with Gasteiger partial charge in [0.25, 0.3) is 0 Å². The van der Waals surface area contributed by atoms with Crippen LogP contribution in [0.5, 0.6) is 0 Å². The van der Waals surface area contributed by atoms with Crippen LogP contribution in [0.3, 0.4) is 0 Å². The van der Waals surface area contributed by atoms with Gasteiger partial charge in [-0.1, -0.05) is 61.7 Å². The number of carbonyl (C=O) groups is 2. The predicted octanol–water partition coefficient (Wildman–Crippen LogP) is 4.93. The maximum absolute atomic E-state index is 13.4. The average Bonchev–Trinajstić information content (AvgIpc) is 3.27. The smallest absolute Gasteiger partial charge is 0.243 e. The molecule has 1 aliphatic rings. The minimum Gasteiger partial charge on any atom is -0.352 e. The van der Waals surface area contributed by atoms with E-state index in [1.807, 2.05) is 38.1 Å². The van der Waals surface area contributed by atoms with Gasteiger partial charge in [-0.05, 0) is 55.9 Å². The van der Waals surface area contributed by atoms with Gasteiger partial charge in [0.15, 0.2) is 0 Å². The third kappa shape index (κ3) is 6.65. The van der Waals surface area contributed by atoms with Gasteiger partial charge in [0, 0.05) is 19.0 Å². The Kier molecular flexibility index (Phi) is 8.21. The van der Waals surface area contributed by atoms with Crippen LogP contribution in [0.15, 0.2) is 48.5 Å². The first kappa shape index (κ1) is 23.0. The molecule has 0 aliphatic heterocycles. The maximum Gasteiger partial charge on any atom is 0.243 e. The number of hydrogen-bond donors (Lipinski definition) is 1. The minimum absolute atomic E-state index is 0.0571. The highest BCUT2D eigenvalue weighted by Gasteiger charge is 2.30. The fraction of sp³-hybridized carbons (Fsp3) is 0.462. The van der Waals surface area contributed by atoms with Crippen molar-refractivity contribution in [2.75, 3.05) is 0 Å². The van der Waals surface area contributed by atoms with Crippen LogP contribution in [-0.4, -0.2) is 28.8 Å². The fourth-order valence-electron chi connectivity index (χ4n) is 4.22. The summed E-state index contributed by atoms with van der Waals surface area (Å²) in [4.78, 5) is 28.0. The molecule has 1 aliphatic carbocycles. The lowest BCUT2D eigenvalue weighted by atomic mass is 10.0. The summed E-state index contributed by atoms with van der Waals surface area (Å²) in [5, 5.41) is 3.15. The molecule has 1 saturated carbocycles. The summed E-state index contributed by atoms with van der Waals surface area (Å²) < 4.78 is 13.4. The Morgan fingerprint density at radius 2 is 1.65 bits per heavy atom. The molecule has 1 unspecified atom stereocenters. The van der Waals surface area contributed by atoms with E-state index in [0.717, 1.165) is 36.8 Å². The Morgan fingerprint density at radius 3 is 2.26 bits per heavy atom. The van der Waals surface area contributed by atoms with Crippen molar-refractivity contribution in [3.63, 3.8) is 0 Å². The van der Waals surface area contributed by atoms with Crippen molar-refractivity contribution < 1.29 is 14.0 Å². The number of halogens is 1. The fourth-order valence-corrected chi connectivity index (χ4v) is 4.22. The standard InChI is InChI=1S/C26H33FN2O2/c1-3-24(26(31)28-23-6-4-5-7-23)29(18-21-12-15-22(27)16-13-21)25(30)17-14-20-10-8-19(2)9-11-20/h8-13,15-16,23-24H,3-7,14,17-18H2,1-2H3,(H,28,31). The molecular weight excluding hydrogens is 391 g/mol. The van der Waals surface area contributed by atoms with Crippen molar-refractivity contribution in [3.05, 3.63) is 71.0 Å². The van der Waals surface area contributed by atoms with Crippen LogP contribution in [0.25, 0.3) is 0 Å². The highest BCUT2D eigenvalue weighted by molar-refractivity contribution is 5.88. The van der Waals surface area contributed by atoms with E-state index in [2.05, 4.69) is 5.32 Å². The molecule has 0 heterocycles. The first-order valence-electron chi connectivity index (χ1n) is 11.4. The first-order valence-corrected chi connectivity index (χ1v) is 11.4. The summed E-state index contributed by atoms with van der Waals surface area (Å²) in [6.07, 6.45) is 5.77. The largest absolute Gasteiger partial charge is 0.352 e. The normalized spacial score (nSPS) is 14.9. The molecule has 2 aromatic carbocycles. The molecule has 0 saturated heterocycles. The number of rotatable bonds is 9. The number of hydrogen-bond acceptors (Lipinski definition) is 2. The second-order valence-electron chi connectivity index (χ2n) is 8.55. The summed E-state index contributed by atoms with van der Waals surface area (Å²) >= 11 is 0.